The van der Waals surface area contributed by atoms with Crippen molar-refractivity contribution in [1.29, 1.82) is 0 Å². The van der Waals surface area contributed by atoms with E-state index in [-0.39, 0.29) is 6.10 Å². The molecule has 98 valence electrons. The lowest BCUT2D eigenvalue weighted by atomic mass is 10.3. The molecule has 0 amide bonds. The monoisotopic (exact) mass is 269 g/mol. The Hall–Kier alpha value is -1.30. The second-order valence-corrected chi connectivity index (χ2v) is 4.41. The summed E-state index contributed by atoms with van der Waals surface area (Å²) in [5, 5.41) is 0.596. The summed E-state index contributed by atoms with van der Waals surface area (Å²) in [4.78, 5) is 4.27. The first-order valence-corrected chi connectivity index (χ1v) is 5.97. The molecule has 0 radical (unpaired) electrons. The summed E-state index contributed by atoms with van der Waals surface area (Å²) in [6.07, 6.45) is -0.0753. The third kappa shape index (κ3) is 2.43. The molecule has 5 nitrogen and oxygen atoms in total. The van der Waals surface area contributed by atoms with Gasteiger partial charge in [0.25, 0.3) is 0 Å². The molecule has 2 rings (SSSR count). The molecule has 2 aromatic rings. The number of nitrogens with zero attached hydrogens (tertiary/aromatic N) is 2. The van der Waals surface area contributed by atoms with Gasteiger partial charge in [0.15, 0.2) is 0 Å². The van der Waals surface area contributed by atoms with Crippen LogP contribution >= 0.6 is 11.6 Å². The maximum Gasteiger partial charge on any atom is 0.201 e. The maximum atomic E-state index is 6.09. The van der Waals surface area contributed by atoms with E-state index in [9.17, 15) is 0 Å². The number of ether oxygens (including phenoxy) is 2. The molecule has 0 saturated carbocycles. The topological polar surface area (TPSA) is 62.3 Å². The minimum Gasteiger partial charge on any atom is -0.382 e. The lowest BCUT2D eigenvalue weighted by molar-refractivity contribution is 0.0193. The molecule has 1 aromatic heterocycles. The Labute approximate surface area is 110 Å². The van der Waals surface area contributed by atoms with Gasteiger partial charge in [0, 0.05) is 14.2 Å². The molecule has 6 heteroatoms. The van der Waals surface area contributed by atoms with Gasteiger partial charge in [-0.15, -0.1) is 0 Å². The van der Waals surface area contributed by atoms with E-state index in [1.165, 1.54) is 0 Å². The third-order valence-electron chi connectivity index (χ3n) is 2.83. The average molecular weight is 270 g/mol. The van der Waals surface area contributed by atoms with Gasteiger partial charge in [0.2, 0.25) is 5.95 Å². The smallest absolute Gasteiger partial charge is 0.201 e. The van der Waals surface area contributed by atoms with Crippen molar-refractivity contribution in [3.05, 3.63) is 23.2 Å². The van der Waals surface area contributed by atoms with Gasteiger partial charge < -0.3 is 19.8 Å². The third-order valence-corrected chi connectivity index (χ3v) is 3.14. The fourth-order valence-electron chi connectivity index (χ4n) is 1.91. The van der Waals surface area contributed by atoms with E-state index >= 15 is 0 Å². The molecule has 0 aliphatic carbocycles. The van der Waals surface area contributed by atoms with Crippen molar-refractivity contribution < 1.29 is 9.47 Å². The van der Waals surface area contributed by atoms with E-state index in [0.29, 0.717) is 29.6 Å². The van der Waals surface area contributed by atoms with Gasteiger partial charge in [-0.3, -0.25) is 0 Å². The molecular weight excluding hydrogens is 254 g/mol. The zero-order valence-electron chi connectivity index (χ0n) is 10.4. The number of nitrogen functional groups attached to an aromatic ring is 1. The van der Waals surface area contributed by atoms with Crippen molar-refractivity contribution in [3.8, 4) is 0 Å². The highest BCUT2D eigenvalue weighted by molar-refractivity contribution is 6.35. The van der Waals surface area contributed by atoms with Gasteiger partial charge in [0.05, 0.1) is 29.8 Å². The fourth-order valence-corrected chi connectivity index (χ4v) is 2.12. The number of rotatable bonds is 5. The van der Waals surface area contributed by atoms with Crippen LogP contribution in [0, 0.1) is 0 Å². The van der Waals surface area contributed by atoms with Crippen LogP contribution in [0.2, 0.25) is 5.02 Å². The van der Waals surface area contributed by atoms with E-state index in [4.69, 9.17) is 26.8 Å². The van der Waals surface area contributed by atoms with Gasteiger partial charge in [-0.2, -0.15) is 0 Å². The van der Waals surface area contributed by atoms with Crippen LogP contribution in [0.5, 0.6) is 0 Å². The maximum absolute atomic E-state index is 6.09. The molecule has 1 unspecified atom stereocenters. The zero-order valence-corrected chi connectivity index (χ0v) is 11.1. The molecule has 0 saturated heterocycles. The number of aromatic nitrogens is 2. The Morgan fingerprint density at radius 3 is 2.89 bits per heavy atom. The van der Waals surface area contributed by atoms with Gasteiger partial charge in [-0.25, -0.2) is 4.98 Å². The van der Waals surface area contributed by atoms with Crippen molar-refractivity contribution in [2.75, 3.05) is 26.6 Å². The fraction of sp³-hybridized carbons (Fsp3) is 0.417. The SMILES string of the molecule is COCC(Cn1c(N)nc2c(Cl)cccc21)OC. The molecule has 2 N–H and O–H groups in total. The lowest BCUT2D eigenvalue weighted by Gasteiger charge is -2.16. The first kappa shape index (κ1) is 13.1. The number of hydrogen-bond acceptors (Lipinski definition) is 4. The normalized spacial score (nSPS) is 13.1. The van der Waals surface area contributed by atoms with Crippen LogP contribution in [0.3, 0.4) is 0 Å². The molecule has 1 atom stereocenters. The lowest BCUT2D eigenvalue weighted by Crippen LogP contribution is -2.24. The van der Waals surface area contributed by atoms with Gasteiger partial charge in [-0.05, 0) is 12.1 Å². The molecule has 0 aliphatic rings. The Balaban J connectivity index is 2.38. The largest absolute Gasteiger partial charge is 0.382 e. The number of nitrogens with two attached hydrogens (primary N) is 1. The molecule has 0 spiro atoms. The van der Waals surface area contributed by atoms with Gasteiger partial charge in [0.1, 0.15) is 5.52 Å². The number of halogens is 1. The number of methoxy groups -OCH3 is 2. The Kier molecular flexibility index (Phi) is 4.06. The first-order valence-electron chi connectivity index (χ1n) is 5.59. The number of benzene rings is 1. The summed E-state index contributed by atoms with van der Waals surface area (Å²) in [5.41, 5.74) is 7.53. The molecule has 0 aliphatic heterocycles. The van der Waals surface area contributed by atoms with Crippen molar-refractivity contribution >= 4 is 28.6 Å². The Morgan fingerprint density at radius 1 is 1.44 bits per heavy atom. The molecular formula is C12H16ClN3O2. The van der Waals surface area contributed by atoms with Crippen LogP contribution in [-0.2, 0) is 16.0 Å². The van der Waals surface area contributed by atoms with E-state index in [2.05, 4.69) is 4.98 Å². The second-order valence-electron chi connectivity index (χ2n) is 4.00. The van der Waals surface area contributed by atoms with Crippen molar-refractivity contribution in [3.63, 3.8) is 0 Å². The molecule has 1 heterocycles. The second kappa shape index (κ2) is 5.56. The summed E-state index contributed by atoms with van der Waals surface area (Å²) < 4.78 is 12.3. The predicted molar refractivity (Wildman–Crippen MR) is 71.8 cm³/mol. The molecule has 0 fully saturated rings. The summed E-state index contributed by atoms with van der Waals surface area (Å²) in [6.45, 7) is 1.07. The summed E-state index contributed by atoms with van der Waals surface area (Å²) in [6, 6.07) is 5.61. The van der Waals surface area contributed by atoms with Crippen LogP contribution in [0.4, 0.5) is 5.95 Å². The van der Waals surface area contributed by atoms with Gasteiger partial charge in [-0.1, -0.05) is 17.7 Å². The highest BCUT2D eigenvalue weighted by Gasteiger charge is 2.15. The van der Waals surface area contributed by atoms with Gasteiger partial charge >= 0.3 is 0 Å². The van der Waals surface area contributed by atoms with Crippen LogP contribution in [-0.4, -0.2) is 36.5 Å². The van der Waals surface area contributed by atoms with Crippen LogP contribution in [0.1, 0.15) is 0 Å². The summed E-state index contributed by atoms with van der Waals surface area (Å²) in [5.74, 6) is 0.427. The van der Waals surface area contributed by atoms with E-state index in [1.54, 1.807) is 20.3 Å². The number of anilines is 1. The van der Waals surface area contributed by atoms with Crippen molar-refractivity contribution in [2.45, 2.75) is 12.6 Å². The predicted octanol–water partition coefficient (Wildman–Crippen LogP) is 1.93. The molecule has 1 aromatic carbocycles. The number of hydrogen-bond donors (Lipinski definition) is 1. The van der Waals surface area contributed by atoms with E-state index in [1.807, 2.05) is 16.7 Å². The Bertz CT molecular complexity index is 541. The van der Waals surface area contributed by atoms with Crippen LogP contribution in [0.25, 0.3) is 11.0 Å². The highest BCUT2D eigenvalue weighted by atomic mass is 35.5. The quantitative estimate of drug-likeness (QED) is 0.901. The van der Waals surface area contributed by atoms with E-state index < -0.39 is 0 Å². The molecule has 18 heavy (non-hydrogen) atoms. The summed E-state index contributed by atoms with van der Waals surface area (Å²) >= 11 is 6.09. The number of imidazole rings is 1. The Morgan fingerprint density at radius 2 is 2.22 bits per heavy atom. The minimum absolute atomic E-state index is 0.0753. The average Bonchev–Trinajstić information content (AvgIpc) is 2.67. The number of fused-ring (bicyclic) bond motifs is 1. The summed E-state index contributed by atoms with van der Waals surface area (Å²) in [7, 11) is 3.28. The highest BCUT2D eigenvalue weighted by Crippen LogP contribution is 2.25. The van der Waals surface area contributed by atoms with Crippen LogP contribution in [0.15, 0.2) is 18.2 Å². The van der Waals surface area contributed by atoms with Crippen molar-refractivity contribution in [1.82, 2.24) is 9.55 Å². The number of para-hydroxylation sites is 1. The van der Waals surface area contributed by atoms with E-state index in [0.717, 1.165) is 5.52 Å². The molecule has 0 bridgehead atoms. The standard InChI is InChI=1S/C12H16ClN3O2/c1-17-7-8(18-2)6-16-10-5-3-4-9(13)11(10)15-12(16)14/h3-5,8H,6-7H2,1-2H3,(H2,14,15). The zero-order chi connectivity index (χ0) is 13.1. The van der Waals surface area contributed by atoms with Crippen molar-refractivity contribution in [2.24, 2.45) is 0 Å². The van der Waals surface area contributed by atoms with Crippen LogP contribution < -0.4 is 5.73 Å². The first-order chi connectivity index (χ1) is 8.67. The minimum atomic E-state index is -0.0753.